The Balaban J connectivity index is 1.47. The highest BCUT2D eigenvalue weighted by Crippen LogP contribution is 2.48. The van der Waals surface area contributed by atoms with Crippen molar-refractivity contribution in [1.82, 2.24) is 9.97 Å². The van der Waals surface area contributed by atoms with Crippen LogP contribution in [0.4, 0.5) is 11.6 Å². The third kappa shape index (κ3) is 2.60. The fraction of sp³-hybridized carbons (Fsp3) is 0.176. The summed E-state index contributed by atoms with van der Waals surface area (Å²) < 4.78 is 0. The number of H-pyrrole nitrogens is 1. The number of aromatic amines is 1. The summed E-state index contributed by atoms with van der Waals surface area (Å²) in [5.74, 6) is 0.144. The van der Waals surface area contributed by atoms with Crippen molar-refractivity contribution in [3.63, 3.8) is 0 Å². The van der Waals surface area contributed by atoms with Crippen LogP contribution in [0.25, 0.3) is 11.0 Å². The van der Waals surface area contributed by atoms with E-state index in [1.807, 2.05) is 30.3 Å². The largest absolute Gasteiger partial charge is 0.324 e. The fourth-order valence-electron chi connectivity index (χ4n) is 2.94. The van der Waals surface area contributed by atoms with Gasteiger partial charge in [0.15, 0.2) is 0 Å². The minimum absolute atomic E-state index is 0.0225. The molecule has 2 aromatic carbocycles. The van der Waals surface area contributed by atoms with Crippen molar-refractivity contribution < 1.29 is 9.72 Å². The number of hydrogen-bond acceptors (Lipinski definition) is 4. The number of fused-ring (bicyclic) bond motifs is 1. The number of para-hydroxylation sites is 2. The molecule has 0 spiro atoms. The maximum Gasteiger partial charge on any atom is 0.269 e. The zero-order valence-corrected chi connectivity index (χ0v) is 12.6. The van der Waals surface area contributed by atoms with Crippen LogP contribution >= 0.6 is 0 Å². The molecule has 2 atom stereocenters. The van der Waals surface area contributed by atoms with Crippen LogP contribution < -0.4 is 5.32 Å². The van der Waals surface area contributed by atoms with Crippen molar-refractivity contribution in [2.24, 2.45) is 5.92 Å². The molecular formula is C17H14N4O3. The van der Waals surface area contributed by atoms with Crippen LogP contribution in [0.1, 0.15) is 17.9 Å². The van der Waals surface area contributed by atoms with Crippen LogP contribution in [0.2, 0.25) is 0 Å². The number of amides is 1. The molecule has 24 heavy (non-hydrogen) atoms. The molecule has 1 fully saturated rings. The smallest absolute Gasteiger partial charge is 0.269 e. The summed E-state index contributed by atoms with van der Waals surface area (Å²) in [6, 6.07) is 14.0. The molecule has 0 saturated heterocycles. The molecule has 0 bridgehead atoms. The Kier molecular flexibility index (Phi) is 3.26. The van der Waals surface area contributed by atoms with Gasteiger partial charge in [-0.25, -0.2) is 4.98 Å². The van der Waals surface area contributed by atoms with Crippen LogP contribution in [-0.2, 0) is 4.79 Å². The van der Waals surface area contributed by atoms with Gasteiger partial charge >= 0.3 is 0 Å². The maximum absolute atomic E-state index is 12.3. The van der Waals surface area contributed by atoms with E-state index in [0.29, 0.717) is 12.4 Å². The van der Waals surface area contributed by atoms with Gasteiger partial charge in [0.1, 0.15) is 0 Å². The molecule has 1 aliphatic carbocycles. The van der Waals surface area contributed by atoms with Gasteiger partial charge in [-0.05, 0) is 30.0 Å². The number of nitrogens with zero attached hydrogens (tertiary/aromatic N) is 2. The number of nitrogens with one attached hydrogen (secondary N) is 2. The van der Waals surface area contributed by atoms with E-state index in [-0.39, 0.29) is 23.4 Å². The van der Waals surface area contributed by atoms with E-state index in [2.05, 4.69) is 15.3 Å². The Bertz CT molecular complexity index is 917. The number of carbonyl (C=O) groups excluding carboxylic acids is 1. The molecule has 7 nitrogen and oxygen atoms in total. The standard InChI is InChI=1S/C17H14N4O3/c22-16(20-17-18-14-6-1-2-7-15(14)19-17)13-9-12(13)10-4-3-5-11(8-10)21(23)24/h1-8,12-13H,9H2,(H2,18,19,20,22). The van der Waals surface area contributed by atoms with E-state index >= 15 is 0 Å². The number of rotatable bonds is 4. The first-order valence-electron chi connectivity index (χ1n) is 7.62. The third-order valence-corrected chi connectivity index (χ3v) is 4.27. The van der Waals surface area contributed by atoms with Gasteiger partial charge < -0.3 is 4.98 Å². The van der Waals surface area contributed by atoms with Crippen molar-refractivity contribution >= 4 is 28.6 Å². The molecule has 120 valence electrons. The summed E-state index contributed by atoms with van der Waals surface area (Å²) in [5, 5.41) is 13.6. The number of aromatic nitrogens is 2. The first-order valence-corrected chi connectivity index (χ1v) is 7.62. The monoisotopic (exact) mass is 322 g/mol. The molecule has 1 saturated carbocycles. The summed E-state index contributed by atoms with van der Waals surface area (Å²) >= 11 is 0. The Labute approximate surface area is 136 Å². The number of benzene rings is 2. The van der Waals surface area contributed by atoms with Crippen LogP contribution in [0.15, 0.2) is 48.5 Å². The Hall–Kier alpha value is -3.22. The van der Waals surface area contributed by atoms with E-state index in [9.17, 15) is 14.9 Å². The molecule has 1 amide bonds. The van der Waals surface area contributed by atoms with Gasteiger partial charge in [0, 0.05) is 18.1 Å². The van der Waals surface area contributed by atoms with Gasteiger partial charge in [0.05, 0.1) is 16.0 Å². The summed E-state index contributed by atoms with van der Waals surface area (Å²) in [7, 11) is 0. The highest BCUT2D eigenvalue weighted by molar-refractivity contribution is 5.95. The molecule has 2 unspecified atom stereocenters. The third-order valence-electron chi connectivity index (χ3n) is 4.27. The predicted octanol–water partition coefficient (Wildman–Crippen LogP) is 3.21. The molecule has 1 heterocycles. The lowest BCUT2D eigenvalue weighted by atomic mass is 10.1. The minimum Gasteiger partial charge on any atom is -0.324 e. The predicted molar refractivity (Wildman–Crippen MR) is 88.7 cm³/mol. The Morgan fingerprint density at radius 1 is 1.25 bits per heavy atom. The summed E-state index contributed by atoms with van der Waals surface area (Å²) in [6.45, 7) is 0. The van der Waals surface area contributed by atoms with Crippen molar-refractivity contribution in [3.05, 3.63) is 64.2 Å². The van der Waals surface area contributed by atoms with Gasteiger partial charge in [0.25, 0.3) is 5.69 Å². The fourth-order valence-corrected chi connectivity index (χ4v) is 2.94. The molecule has 7 heteroatoms. The van der Waals surface area contributed by atoms with E-state index < -0.39 is 4.92 Å². The van der Waals surface area contributed by atoms with Crippen molar-refractivity contribution in [1.29, 1.82) is 0 Å². The minimum atomic E-state index is -0.421. The van der Waals surface area contributed by atoms with Gasteiger partial charge in [-0.1, -0.05) is 24.3 Å². The number of hydrogen-bond donors (Lipinski definition) is 2. The second kappa shape index (κ2) is 5.45. The van der Waals surface area contributed by atoms with E-state index in [4.69, 9.17) is 0 Å². The maximum atomic E-state index is 12.3. The lowest BCUT2D eigenvalue weighted by Gasteiger charge is -2.02. The van der Waals surface area contributed by atoms with Gasteiger partial charge in [-0.2, -0.15) is 0 Å². The normalized spacial score (nSPS) is 19.2. The molecule has 1 aliphatic rings. The summed E-state index contributed by atoms with van der Waals surface area (Å²) in [5.41, 5.74) is 2.53. The van der Waals surface area contributed by atoms with Crippen molar-refractivity contribution in [2.75, 3.05) is 5.32 Å². The van der Waals surface area contributed by atoms with Gasteiger partial charge in [0.2, 0.25) is 11.9 Å². The number of carbonyl (C=O) groups is 1. The quantitative estimate of drug-likeness (QED) is 0.569. The highest BCUT2D eigenvalue weighted by atomic mass is 16.6. The van der Waals surface area contributed by atoms with Gasteiger partial charge in [-0.3, -0.25) is 20.2 Å². The van der Waals surface area contributed by atoms with E-state index in [1.54, 1.807) is 12.1 Å². The summed E-state index contributed by atoms with van der Waals surface area (Å²) in [4.78, 5) is 30.2. The molecule has 0 radical (unpaired) electrons. The second-order valence-electron chi connectivity index (χ2n) is 5.89. The van der Waals surface area contributed by atoms with Crippen LogP contribution in [0.5, 0.6) is 0 Å². The number of nitro benzene ring substituents is 1. The first-order chi connectivity index (χ1) is 11.6. The number of non-ortho nitro benzene ring substituents is 1. The number of imidazole rings is 1. The zero-order chi connectivity index (χ0) is 16.7. The number of anilines is 1. The van der Waals surface area contributed by atoms with Crippen LogP contribution in [0.3, 0.4) is 0 Å². The summed E-state index contributed by atoms with van der Waals surface area (Å²) in [6.07, 6.45) is 0.688. The molecule has 2 N–H and O–H groups in total. The molecular weight excluding hydrogens is 308 g/mol. The lowest BCUT2D eigenvalue weighted by molar-refractivity contribution is -0.384. The lowest BCUT2D eigenvalue weighted by Crippen LogP contribution is -2.15. The number of nitro groups is 1. The topological polar surface area (TPSA) is 101 Å². The van der Waals surface area contributed by atoms with Gasteiger partial charge in [-0.15, -0.1) is 0 Å². The van der Waals surface area contributed by atoms with Crippen LogP contribution in [0, 0.1) is 16.0 Å². The van der Waals surface area contributed by atoms with Crippen molar-refractivity contribution in [3.8, 4) is 0 Å². The first kappa shape index (κ1) is 14.4. The highest BCUT2D eigenvalue weighted by Gasteiger charge is 2.44. The average molecular weight is 322 g/mol. The van der Waals surface area contributed by atoms with Crippen LogP contribution in [-0.4, -0.2) is 20.8 Å². The average Bonchev–Trinajstić information content (AvgIpc) is 3.28. The van der Waals surface area contributed by atoms with Crippen molar-refractivity contribution in [2.45, 2.75) is 12.3 Å². The Morgan fingerprint density at radius 3 is 2.88 bits per heavy atom. The zero-order valence-electron chi connectivity index (χ0n) is 12.6. The molecule has 3 aromatic rings. The van der Waals surface area contributed by atoms with E-state index in [0.717, 1.165) is 16.6 Å². The molecule has 0 aliphatic heterocycles. The second-order valence-corrected chi connectivity index (χ2v) is 5.89. The SMILES string of the molecule is O=C(Nc1nc2ccccc2[nH]1)C1CC1c1cccc([N+](=O)[O-])c1. The molecule has 4 rings (SSSR count). The van der Waals surface area contributed by atoms with E-state index in [1.165, 1.54) is 6.07 Å². The molecule has 1 aromatic heterocycles. The Morgan fingerprint density at radius 2 is 2.08 bits per heavy atom.